The summed E-state index contributed by atoms with van der Waals surface area (Å²) in [7, 11) is 1.32. The van der Waals surface area contributed by atoms with Crippen LogP contribution in [0.1, 0.15) is 29.4 Å². The van der Waals surface area contributed by atoms with Crippen molar-refractivity contribution in [2.24, 2.45) is 7.05 Å². The summed E-state index contributed by atoms with van der Waals surface area (Å²) in [5, 5.41) is 13.0. The van der Waals surface area contributed by atoms with Crippen molar-refractivity contribution in [1.29, 1.82) is 0 Å². The van der Waals surface area contributed by atoms with Crippen LogP contribution in [0.5, 0.6) is 0 Å². The molecule has 2 unspecified atom stereocenters. The van der Waals surface area contributed by atoms with E-state index in [1.54, 1.807) is 42.5 Å². The second-order valence-electron chi connectivity index (χ2n) is 6.59. The number of alkyl halides is 3. The molecule has 0 aliphatic carbocycles. The number of carbonyl (C=O) groups excluding carboxylic acids is 1. The number of nitrogens with one attached hydrogen (secondary N) is 1. The van der Waals surface area contributed by atoms with Crippen LogP contribution in [0.2, 0.25) is 0 Å². The van der Waals surface area contributed by atoms with Crippen LogP contribution in [0.25, 0.3) is 0 Å². The van der Waals surface area contributed by atoms with Crippen LogP contribution >= 0.6 is 0 Å². The number of pyridine rings is 1. The van der Waals surface area contributed by atoms with E-state index in [1.165, 1.54) is 25.6 Å². The topological polar surface area (TPSA) is 80.0 Å². The molecule has 0 bridgehead atoms. The van der Waals surface area contributed by atoms with Gasteiger partial charge in [0.15, 0.2) is 5.82 Å². The molecule has 0 saturated carbocycles. The number of carbonyl (C=O) groups is 1. The maximum Gasteiger partial charge on any atom is 0.425 e. The Kier molecular flexibility index (Phi) is 5.69. The lowest BCUT2D eigenvalue weighted by Crippen LogP contribution is -2.48. The first-order chi connectivity index (χ1) is 13.7. The summed E-state index contributed by atoms with van der Waals surface area (Å²) in [5.74, 6) is -1.63. The van der Waals surface area contributed by atoms with Gasteiger partial charge in [-0.3, -0.25) is 9.78 Å². The summed E-state index contributed by atoms with van der Waals surface area (Å²) >= 11 is 0. The van der Waals surface area contributed by atoms with E-state index in [0.717, 1.165) is 10.8 Å². The summed E-state index contributed by atoms with van der Waals surface area (Å²) in [6, 6.07) is 11.4. The minimum absolute atomic E-state index is 0.645. The van der Waals surface area contributed by atoms with E-state index in [2.05, 4.69) is 15.3 Å². The molecule has 3 rings (SSSR count). The van der Waals surface area contributed by atoms with Gasteiger partial charge in [-0.1, -0.05) is 30.3 Å². The molecule has 6 nitrogen and oxygen atoms in total. The molecule has 1 amide bonds. The first-order valence-corrected chi connectivity index (χ1v) is 8.73. The fourth-order valence-corrected chi connectivity index (χ4v) is 3.08. The van der Waals surface area contributed by atoms with Crippen LogP contribution in [-0.4, -0.2) is 31.7 Å². The van der Waals surface area contributed by atoms with Gasteiger partial charge >= 0.3 is 6.18 Å². The highest BCUT2D eigenvalue weighted by Gasteiger charge is 2.58. The van der Waals surface area contributed by atoms with E-state index in [-0.39, 0.29) is 0 Å². The second kappa shape index (κ2) is 8.04. The van der Waals surface area contributed by atoms with Gasteiger partial charge in [-0.25, -0.2) is 4.98 Å². The van der Waals surface area contributed by atoms with Gasteiger partial charge in [0.05, 0.1) is 12.5 Å². The zero-order chi connectivity index (χ0) is 21.1. The maximum absolute atomic E-state index is 13.7. The number of hydrogen-bond donors (Lipinski definition) is 2. The zero-order valence-corrected chi connectivity index (χ0v) is 15.5. The smallest absolute Gasteiger partial charge is 0.374 e. The van der Waals surface area contributed by atoms with Gasteiger partial charge < -0.3 is 15.0 Å². The molecule has 0 aliphatic heterocycles. The molecule has 152 valence electrons. The van der Waals surface area contributed by atoms with Crippen LogP contribution in [0.15, 0.2) is 67.3 Å². The maximum atomic E-state index is 13.7. The largest absolute Gasteiger partial charge is 0.425 e. The standard InChI is InChI=1S/C20H19F3N4O2/c1-27-12-11-25-18(27)19(29,20(21,22)23)13-16(28)26-17(14-5-3-2-4-6-14)15-7-9-24-10-8-15/h2-12,17,29H,13H2,1H3,(H,26,28). The highest BCUT2D eigenvalue weighted by molar-refractivity contribution is 5.78. The normalized spacial score (nSPS) is 14.8. The lowest BCUT2D eigenvalue weighted by atomic mass is 9.95. The average molecular weight is 404 g/mol. The van der Waals surface area contributed by atoms with E-state index >= 15 is 0 Å². The monoisotopic (exact) mass is 404 g/mol. The molecular formula is C20H19F3N4O2. The molecule has 29 heavy (non-hydrogen) atoms. The summed E-state index contributed by atoms with van der Waals surface area (Å²) in [5.41, 5.74) is -2.10. The van der Waals surface area contributed by atoms with Crippen molar-refractivity contribution < 1.29 is 23.1 Å². The first-order valence-electron chi connectivity index (χ1n) is 8.73. The Hall–Kier alpha value is -3.20. The molecule has 0 aliphatic rings. The number of halogens is 3. The molecule has 0 fully saturated rings. The number of amides is 1. The van der Waals surface area contributed by atoms with Gasteiger partial charge in [0, 0.05) is 31.8 Å². The van der Waals surface area contributed by atoms with Gasteiger partial charge in [0.2, 0.25) is 11.5 Å². The number of aromatic nitrogens is 3. The van der Waals surface area contributed by atoms with Crippen molar-refractivity contribution in [2.75, 3.05) is 0 Å². The minimum Gasteiger partial charge on any atom is -0.374 e. The summed E-state index contributed by atoms with van der Waals surface area (Å²) in [4.78, 5) is 20.2. The molecule has 1 aromatic carbocycles. The van der Waals surface area contributed by atoms with Crippen LogP contribution in [0.4, 0.5) is 13.2 Å². The molecule has 0 spiro atoms. The zero-order valence-electron chi connectivity index (χ0n) is 15.5. The molecule has 3 aromatic rings. The van der Waals surface area contributed by atoms with Crippen LogP contribution in [0.3, 0.4) is 0 Å². The highest BCUT2D eigenvalue weighted by Crippen LogP contribution is 2.41. The van der Waals surface area contributed by atoms with E-state index in [1.807, 2.05) is 0 Å². The van der Waals surface area contributed by atoms with E-state index in [0.29, 0.717) is 11.1 Å². The quantitative estimate of drug-likeness (QED) is 0.662. The Labute approximate surface area is 165 Å². The van der Waals surface area contributed by atoms with Crippen molar-refractivity contribution in [1.82, 2.24) is 19.9 Å². The Morgan fingerprint density at radius 1 is 1.10 bits per heavy atom. The van der Waals surface area contributed by atoms with Crippen molar-refractivity contribution in [2.45, 2.75) is 24.2 Å². The molecule has 2 N–H and O–H groups in total. The fourth-order valence-electron chi connectivity index (χ4n) is 3.08. The fraction of sp³-hybridized carbons (Fsp3) is 0.250. The third-order valence-corrected chi connectivity index (χ3v) is 4.55. The number of hydrogen-bond acceptors (Lipinski definition) is 4. The second-order valence-corrected chi connectivity index (χ2v) is 6.59. The minimum atomic E-state index is -5.09. The lowest BCUT2D eigenvalue weighted by Gasteiger charge is -2.30. The van der Waals surface area contributed by atoms with Gasteiger partial charge in [-0.2, -0.15) is 13.2 Å². The van der Waals surface area contributed by atoms with Crippen LogP contribution in [0, 0.1) is 0 Å². The van der Waals surface area contributed by atoms with Crippen molar-refractivity contribution in [3.05, 3.63) is 84.2 Å². The van der Waals surface area contributed by atoms with Gasteiger partial charge in [0.1, 0.15) is 0 Å². The third kappa shape index (κ3) is 4.29. The average Bonchev–Trinajstić information content (AvgIpc) is 3.13. The van der Waals surface area contributed by atoms with Crippen LogP contribution in [-0.2, 0) is 17.4 Å². The van der Waals surface area contributed by atoms with Gasteiger partial charge in [-0.05, 0) is 23.3 Å². The lowest BCUT2D eigenvalue weighted by molar-refractivity contribution is -0.271. The van der Waals surface area contributed by atoms with Crippen molar-refractivity contribution >= 4 is 5.91 Å². The Morgan fingerprint density at radius 2 is 1.72 bits per heavy atom. The van der Waals surface area contributed by atoms with E-state index in [4.69, 9.17) is 0 Å². The van der Waals surface area contributed by atoms with Crippen molar-refractivity contribution in [3.8, 4) is 0 Å². The molecule has 9 heteroatoms. The number of benzene rings is 1. The number of nitrogens with zero attached hydrogens (tertiary/aromatic N) is 3. The van der Waals surface area contributed by atoms with E-state index in [9.17, 15) is 23.1 Å². The molecule has 0 radical (unpaired) electrons. The van der Waals surface area contributed by atoms with Gasteiger partial charge in [-0.15, -0.1) is 0 Å². The predicted octanol–water partition coefficient (Wildman–Crippen LogP) is 2.86. The van der Waals surface area contributed by atoms with Crippen molar-refractivity contribution in [3.63, 3.8) is 0 Å². The van der Waals surface area contributed by atoms with E-state index < -0.39 is 36.0 Å². The third-order valence-electron chi connectivity index (χ3n) is 4.55. The predicted molar refractivity (Wildman–Crippen MR) is 98.4 cm³/mol. The number of aryl methyl sites for hydroxylation is 1. The number of aliphatic hydroxyl groups is 1. The Bertz CT molecular complexity index is 921. The summed E-state index contributed by atoms with van der Waals surface area (Å²) in [6.07, 6.45) is -0.867. The first kappa shape index (κ1) is 20.5. The molecular weight excluding hydrogens is 385 g/mol. The van der Waals surface area contributed by atoms with Crippen LogP contribution < -0.4 is 5.32 Å². The summed E-state index contributed by atoms with van der Waals surface area (Å²) in [6.45, 7) is 0. The Balaban J connectivity index is 1.91. The molecule has 2 atom stereocenters. The highest BCUT2D eigenvalue weighted by atomic mass is 19.4. The molecule has 2 aromatic heterocycles. The SMILES string of the molecule is Cn1ccnc1C(O)(CC(=O)NC(c1ccccc1)c1ccncc1)C(F)(F)F. The van der Waals surface area contributed by atoms with Gasteiger partial charge in [0.25, 0.3) is 0 Å². The molecule has 0 saturated heterocycles. The Morgan fingerprint density at radius 3 is 2.28 bits per heavy atom. The number of imidazole rings is 1. The summed E-state index contributed by atoms with van der Waals surface area (Å²) < 4.78 is 42.1. The number of rotatable bonds is 6. The molecule has 2 heterocycles.